The molecule has 0 fully saturated rings. The van der Waals surface area contributed by atoms with Crippen LogP contribution in [-0.4, -0.2) is 44.9 Å². The van der Waals surface area contributed by atoms with Crippen molar-refractivity contribution in [2.45, 2.75) is 24.9 Å². The molecule has 0 aliphatic carbocycles. The fourth-order valence-corrected chi connectivity index (χ4v) is 3.26. The molecule has 26 heavy (non-hydrogen) atoms. The number of hydrogen-bond donors (Lipinski definition) is 1. The van der Waals surface area contributed by atoms with Gasteiger partial charge in [-0.15, -0.1) is 12.4 Å². The molecule has 0 saturated carbocycles. The van der Waals surface area contributed by atoms with Gasteiger partial charge >= 0.3 is 0 Å². The number of likely N-dealkylation sites (N-methyl/N-ethyl adjacent to an activating group) is 1. The molecule has 2 aromatic carbocycles. The predicted molar refractivity (Wildman–Crippen MR) is 109 cm³/mol. The lowest BCUT2D eigenvalue weighted by Gasteiger charge is -2.38. The SMILES string of the molecule is CCC(O)(c1ccc(OC)cc1)C(CN(C)C)c1ccc(OC)cc1.Cl. The molecule has 2 atom stereocenters. The van der Waals surface area contributed by atoms with Gasteiger partial charge in [-0.05, 0) is 55.9 Å². The van der Waals surface area contributed by atoms with Crippen LogP contribution in [-0.2, 0) is 5.60 Å². The number of rotatable bonds is 8. The average molecular weight is 380 g/mol. The maximum Gasteiger partial charge on any atom is 0.118 e. The molecule has 0 amide bonds. The number of nitrogens with zero attached hydrogens (tertiary/aromatic N) is 1. The van der Waals surface area contributed by atoms with Crippen LogP contribution in [0, 0.1) is 0 Å². The molecule has 144 valence electrons. The lowest BCUT2D eigenvalue weighted by Crippen LogP contribution is -2.38. The molecular weight excluding hydrogens is 350 g/mol. The highest BCUT2D eigenvalue weighted by atomic mass is 35.5. The molecule has 5 heteroatoms. The second kappa shape index (κ2) is 9.81. The van der Waals surface area contributed by atoms with Crippen molar-refractivity contribution in [2.24, 2.45) is 0 Å². The highest BCUT2D eigenvalue weighted by molar-refractivity contribution is 5.85. The van der Waals surface area contributed by atoms with E-state index >= 15 is 0 Å². The monoisotopic (exact) mass is 379 g/mol. The van der Waals surface area contributed by atoms with Crippen molar-refractivity contribution in [1.82, 2.24) is 4.90 Å². The third-order valence-electron chi connectivity index (χ3n) is 4.77. The van der Waals surface area contributed by atoms with E-state index in [1.807, 2.05) is 69.6 Å². The van der Waals surface area contributed by atoms with Crippen LogP contribution < -0.4 is 9.47 Å². The lowest BCUT2D eigenvalue weighted by atomic mass is 9.75. The Hall–Kier alpha value is -1.75. The Labute approximate surface area is 163 Å². The molecule has 0 saturated heterocycles. The van der Waals surface area contributed by atoms with Crippen molar-refractivity contribution in [2.75, 3.05) is 34.9 Å². The third-order valence-corrected chi connectivity index (χ3v) is 4.77. The quantitative estimate of drug-likeness (QED) is 0.750. The number of halogens is 1. The van der Waals surface area contributed by atoms with E-state index < -0.39 is 5.60 Å². The second-order valence-corrected chi connectivity index (χ2v) is 6.59. The molecule has 0 heterocycles. The van der Waals surface area contributed by atoms with Crippen LogP contribution in [0.15, 0.2) is 48.5 Å². The van der Waals surface area contributed by atoms with Crippen molar-refractivity contribution in [3.05, 3.63) is 59.7 Å². The molecule has 0 aliphatic rings. The Kier molecular flexibility index (Phi) is 8.41. The van der Waals surface area contributed by atoms with Crippen LogP contribution >= 0.6 is 12.4 Å². The van der Waals surface area contributed by atoms with Gasteiger partial charge in [0.05, 0.1) is 19.8 Å². The smallest absolute Gasteiger partial charge is 0.118 e. The summed E-state index contributed by atoms with van der Waals surface area (Å²) >= 11 is 0. The van der Waals surface area contributed by atoms with Gasteiger partial charge in [0.25, 0.3) is 0 Å². The number of methoxy groups -OCH3 is 2. The van der Waals surface area contributed by atoms with Crippen LogP contribution in [0.1, 0.15) is 30.4 Å². The van der Waals surface area contributed by atoms with Gasteiger partial charge < -0.3 is 19.5 Å². The van der Waals surface area contributed by atoms with Crippen molar-refractivity contribution in [3.63, 3.8) is 0 Å². The summed E-state index contributed by atoms with van der Waals surface area (Å²) in [6.07, 6.45) is 0.615. The Morgan fingerprint density at radius 3 is 1.77 bits per heavy atom. The third kappa shape index (κ3) is 4.91. The molecule has 0 spiro atoms. The van der Waals surface area contributed by atoms with Crippen molar-refractivity contribution in [3.8, 4) is 11.5 Å². The predicted octanol–water partition coefficient (Wildman–Crippen LogP) is 4.07. The van der Waals surface area contributed by atoms with E-state index in [9.17, 15) is 5.11 Å². The molecule has 0 radical (unpaired) electrons. The summed E-state index contributed by atoms with van der Waals surface area (Å²) in [4.78, 5) is 2.11. The molecule has 2 rings (SSSR count). The first kappa shape index (κ1) is 22.3. The summed E-state index contributed by atoms with van der Waals surface area (Å²) in [7, 11) is 7.36. The Bertz CT molecular complexity index is 658. The Morgan fingerprint density at radius 1 is 0.923 bits per heavy atom. The Balaban J connectivity index is 0.00000338. The van der Waals surface area contributed by atoms with Gasteiger partial charge in [0, 0.05) is 12.5 Å². The van der Waals surface area contributed by atoms with Crippen LogP contribution in [0.2, 0.25) is 0 Å². The van der Waals surface area contributed by atoms with Crippen molar-refractivity contribution < 1.29 is 14.6 Å². The van der Waals surface area contributed by atoms with Crippen LogP contribution in [0.5, 0.6) is 11.5 Å². The van der Waals surface area contributed by atoms with E-state index in [1.54, 1.807) is 14.2 Å². The highest BCUT2D eigenvalue weighted by Gasteiger charge is 2.38. The molecular formula is C21H30ClNO3. The van der Waals surface area contributed by atoms with E-state index in [2.05, 4.69) is 4.90 Å². The number of benzene rings is 2. The number of aliphatic hydroxyl groups is 1. The molecule has 0 aliphatic heterocycles. The molecule has 2 unspecified atom stereocenters. The summed E-state index contributed by atoms with van der Waals surface area (Å²) in [5.41, 5.74) is 1.03. The van der Waals surface area contributed by atoms with Gasteiger partial charge in [0.2, 0.25) is 0 Å². The summed E-state index contributed by atoms with van der Waals surface area (Å²) < 4.78 is 10.5. The standard InChI is InChI=1S/C21H29NO3.ClH/c1-6-21(23,17-9-13-19(25-5)14-10-17)20(15-22(2)3)16-7-11-18(24-4)12-8-16;/h7-14,20,23H,6,15H2,1-5H3;1H. The minimum absolute atomic E-state index is 0. The van der Waals surface area contributed by atoms with E-state index in [0.29, 0.717) is 6.42 Å². The zero-order valence-corrected chi connectivity index (χ0v) is 17.0. The van der Waals surface area contributed by atoms with Crippen LogP contribution in [0.3, 0.4) is 0 Å². The molecule has 4 nitrogen and oxygen atoms in total. The van der Waals surface area contributed by atoms with Crippen molar-refractivity contribution >= 4 is 12.4 Å². The molecule has 0 bridgehead atoms. The average Bonchev–Trinajstić information content (AvgIpc) is 2.65. The summed E-state index contributed by atoms with van der Waals surface area (Å²) in [5, 5.41) is 11.6. The van der Waals surface area contributed by atoms with E-state index in [-0.39, 0.29) is 18.3 Å². The molecule has 1 N–H and O–H groups in total. The molecule has 0 aromatic heterocycles. The van der Waals surface area contributed by atoms with E-state index in [4.69, 9.17) is 9.47 Å². The summed E-state index contributed by atoms with van der Waals surface area (Å²) in [6, 6.07) is 15.7. The van der Waals surface area contributed by atoms with Gasteiger partial charge in [0.15, 0.2) is 0 Å². The van der Waals surface area contributed by atoms with Crippen molar-refractivity contribution in [1.29, 1.82) is 0 Å². The maximum absolute atomic E-state index is 11.6. The van der Waals surface area contributed by atoms with Gasteiger partial charge in [-0.1, -0.05) is 31.2 Å². The number of ether oxygens (including phenoxy) is 2. The van der Waals surface area contributed by atoms with E-state index in [0.717, 1.165) is 29.2 Å². The Morgan fingerprint density at radius 2 is 1.38 bits per heavy atom. The van der Waals surface area contributed by atoms with E-state index in [1.165, 1.54) is 0 Å². The topological polar surface area (TPSA) is 41.9 Å². The first-order chi connectivity index (χ1) is 11.9. The summed E-state index contributed by atoms with van der Waals surface area (Å²) in [5.74, 6) is 1.54. The minimum atomic E-state index is -0.967. The maximum atomic E-state index is 11.6. The normalized spacial score (nSPS) is 14.3. The van der Waals surface area contributed by atoms with Crippen LogP contribution in [0.25, 0.3) is 0 Å². The van der Waals surface area contributed by atoms with Gasteiger partial charge in [-0.3, -0.25) is 0 Å². The largest absolute Gasteiger partial charge is 0.497 e. The van der Waals surface area contributed by atoms with Gasteiger partial charge in [-0.2, -0.15) is 0 Å². The van der Waals surface area contributed by atoms with Gasteiger partial charge in [-0.25, -0.2) is 0 Å². The highest BCUT2D eigenvalue weighted by Crippen LogP contribution is 2.41. The minimum Gasteiger partial charge on any atom is -0.497 e. The second-order valence-electron chi connectivity index (χ2n) is 6.59. The first-order valence-electron chi connectivity index (χ1n) is 8.60. The van der Waals surface area contributed by atoms with Gasteiger partial charge in [0.1, 0.15) is 11.5 Å². The fourth-order valence-electron chi connectivity index (χ4n) is 3.26. The number of hydrogen-bond acceptors (Lipinski definition) is 4. The first-order valence-corrected chi connectivity index (χ1v) is 8.60. The summed E-state index contributed by atoms with van der Waals surface area (Å²) in [6.45, 7) is 2.76. The fraction of sp³-hybridized carbons (Fsp3) is 0.429. The lowest BCUT2D eigenvalue weighted by molar-refractivity contribution is -0.00470. The van der Waals surface area contributed by atoms with Crippen LogP contribution in [0.4, 0.5) is 0 Å². The zero-order chi connectivity index (χ0) is 18.4. The zero-order valence-electron chi connectivity index (χ0n) is 16.2. The molecule has 2 aromatic rings.